The Hall–Kier alpha value is -1.80. The standard InChI is InChI=1S/C16H16ClNO/c1-2-13-7-3-4-9-15(13)18-16(19)11-12-6-5-8-14(17)10-12/h3-10H,2,11H2,1H3,(H,18,19). The van der Waals surface area contributed by atoms with Crippen molar-refractivity contribution in [1.29, 1.82) is 0 Å². The van der Waals surface area contributed by atoms with Gasteiger partial charge in [0.1, 0.15) is 0 Å². The topological polar surface area (TPSA) is 29.1 Å². The van der Waals surface area contributed by atoms with Crippen molar-refractivity contribution in [2.45, 2.75) is 19.8 Å². The van der Waals surface area contributed by atoms with E-state index in [-0.39, 0.29) is 5.91 Å². The van der Waals surface area contributed by atoms with Crippen molar-refractivity contribution >= 4 is 23.2 Å². The fourth-order valence-electron chi connectivity index (χ4n) is 1.98. The van der Waals surface area contributed by atoms with Crippen LogP contribution in [0.4, 0.5) is 5.69 Å². The summed E-state index contributed by atoms with van der Waals surface area (Å²) < 4.78 is 0. The van der Waals surface area contributed by atoms with Gasteiger partial charge in [0.15, 0.2) is 0 Å². The molecule has 0 bridgehead atoms. The van der Waals surface area contributed by atoms with Crippen molar-refractivity contribution in [2.75, 3.05) is 5.32 Å². The van der Waals surface area contributed by atoms with E-state index in [4.69, 9.17) is 11.6 Å². The lowest BCUT2D eigenvalue weighted by atomic mass is 10.1. The molecule has 1 amide bonds. The zero-order valence-electron chi connectivity index (χ0n) is 10.8. The van der Waals surface area contributed by atoms with Crippen molar-refractivity contribution in [3.63, 3.8) is 0 Å². The van der Waals surface area contributed by atoms with Crippen molar-refractivity contribution in [1.82, 2.24) is 0 Å². The number of nitrogens with one attached hydrogen (secondary N) is 1. The van der Waals surface area contributed by atoms with Crippen molar-refractivity contribution in [2.24, 2.45) is 0 Å². The lowest BCUT2D eigenvalue weighted by molar-refractivity contribution is -0.115. The van der Waals surface area contributed by atoms with Gasteiger partial charge >= 0.3 is 0 Å². The van der Waals surface area contributed by atoms with Gasteiger partial charge in [0.25, 0.3) is 0 Å². The van der Waals surface area contributed by atoms with E-state index >= 15 is 0 Å². The van der Waals surface area contributed by atoms with Crippen LogP contribution in [0.25, 0.3) is 0 Å². The Bertz CT molecular complexity index is 580. The number of aryl methyl sites for hydroxylation is 1. The fraction of sp³-hybridized carbons (Fsp3) is 0.188. The minimum atomic E-state index is -0.0248. The van der Waals surface area contributed by atoms with E-state index in [9.17, 15) is 4.79 Å². The van der Waals surface area contributed by atoms with Crippen LogP contribution in [0.2, 0.25) is 5.02 Å². The summed E-state index contributed by atoms with van der Waals surface area (Å²) in [5.41, 5.74) is 2.94. The number of halogens is 1. The molecule has 0 aliphatic rings. The van der Waals surface area contributed by atoms with Crippen LogP contribution in [0.15, 0.2) is 48.5 Å². The SMILES string of the molecule is CCc1ccccc1NC(=O)Cc1cccc(Cl)c1. The highest BCUT2D eigenvalue weighted by atomic mass is 35.5. The molecule has 0 atom stereocenters. The molecule has 0 fully saturated rings. The van der Waals surface area contributed by atoms with Crippen LogP contribution < -0.4 is 5.32 Å². The number of rotatable bonds is 4. The second-order valence-corrected chi connectivity index (χ2v) is 4.80. The van der Waals surface area contributed by atoms with Crippen LogP contribution in [0.3, 0.4) is 0 Å². The third-order valence-corrected chi connectivity index (χ3v) is 3.16. The lowest BCUT2D eigenvalue weighted by Gasteiger charge is -2.09. The molecule has 0 radical (unpaired) electrons. The summed E-state index contributed by atoms with van der Waals surface area (Å²) in [5.74, 6) is -0.0248. The molecule has 3 heteroatoms. The molecule has 1 N–H and O–H groups in total. The first-order chi connectivity index (χ1) is 9.19. The number of hydrogen-bond acceptors (Lipinski definition) is 1. The maximum atomic E-state index is 12.0. The number of hydrogen-bond donors (Lipinski definition) is 1. The Labute approximate surface area is 118 Å². The largest absolute Gasteiger partial charge is 0.326 e. The molecule has 2 aromatic carbocycles. The molecule has 98 valence electrons. The molecule has 2 aromatic rings. The molecule has 0 unspecified atom stereocenters. The third-order valence-electron chi connectivity index (χ3n) is 2.93. The number of para-hydroxylation sites is 1. The van der Waals surface area contributed by atoms with Crippen molar-refractivity contribution in [3.05, 3.63) is 64.7 Å². The minimum absolute atomic E-state index is 0.0248. The first-order valence-electron chi connectivity index (χ1n) is 6.31. The zero-order chi connectivity index (χ0) is 13.7. The van der Waals surface area contributed by atoms with Crippen LogP contribution >= 0.6 is 11.6 Å². The van der Waals surface area contributed by atoms with Crippen LogP contribution in [-0.4, -0.2) is 5.91 Å². The van der Waals surface area contributed by atoms with Gasteiger partial charge in [-0.15, -0.1) is 0 Å². The van der Waals surface area contributed by atoms with Gasteiger partial charge in [0.2, 0.25) is 5.91 Å². The average molecular weight is 274 g/mol. The van der Waals surface area contributed by atoms with Crippen LogP contribution in [0.5, 0.6) is 0 Å². The minimum Gasteiger partial charge on any atom is -0.326 e. The molecular formula is C16H16ClNO. The van der Waals surface area contributed by atoms with Gasteiger partial charge in [-0.2, -0.15) is 0 Å². The molecule has 19 heavy (non-hydrogen) atoms. The van der Waals surface area contributed by atoms with Gasteiger partial charge in [-0.3, -0.25) is 4.79 Å². The molecule has 0 aliphatic heterocycles. The predicted octanol–water partition coefficient (Wildman–Crippen LogP) is 4.08. The normalized spacial score (nSPS) is 10.2. The Morgan fingerprint density at radius 3 is 2.68 bits per heavy atom. The van der Waals surface area contributed by atoms with Crippen molar-refractivity contribution < 1.29 is 4.79 Å². The van der Waals surface area contributed by atoms with E-state index in [1.54, 1.807) is 6.07 Å². The first kappa shape index (κ1) is 13.6. The van der Waals surface area contributed by atoms with Crippen molar-refractivity contribution in [3.8, 4) is 0 Å². The Morgan fingerprint density at radius 2 is 1.95 bits per heavy atom. The molecule has 0 aliphatic carbocycles. The number of carbonyl (C=O) groups excluding carboxylic acids is 1. The van der Waals surface area contributed by atoms with Gasteiger partial charge in [0, 0.05) is 10.7 Å². The Kier molecular flexibility index (Phi) is 4.58. The summed E-state index contributed by atoms with van der Waals surface area (Å²) >= 11 is 5.90. The highest BCUT2D eigenvalue weighted by Crippen LogP contribution is 2.16. The molecule has 0 spiro atoms. The third kappa shape index (κ3) is 3.83. The van der Waals surface area contributed by atoms with E-state index in [2.05, 4.69) is 12.2 Å². The van der Waals surface area contributed by atoms with Gasteiger partial charge in [-0.25, -0.2) is 0 Å². The fourth-order valence-corrected chi connectivity index (χ4v) is 2.19. The van der Waals surface area contributed by atoms with E-state index < -0.39 is 0 Å². The summed E-state index contributed by atoms with van der Waals surface area (Å²) in [6, 6.07) is 15.2. The van der Waals surface area contributed by atoms with E-state index in [0.717, 1.165) is 23.2 Å². The highest BCUT2D eigenvalue weighted by Gasteiger charge is 2.06. The summed E-state index contributed by atoms with van der Waals surface area (Å²) in [6.07, 6.45) is 1.23. The monoisotopic (exact) mass is 273 g/mol. The first-order valence-corrected chi connectivity index (χ1v) is 6.69. The maximum absolute atomic E-state index is 12.0. The average Bonchev–Trinajstić information content (AvgIpc) is 2.39. The van der Waals surface area contributed by atoms with Crippen LogP contribution in [0, 0.1) is 0 Å². The van der Waals surface area contributed by atoms with E-state index in [1.807, 2.05) is 42.5 Å². The second-order valence-electron chi connectivity index (χ2n) is 4.37. The molecule has 0 saturated carbocycles. The second kappa shape index (κ2) is 6.39. The lowest BCUT2D eigenvalue weighted by Crippen LogP contribution is -2.15. The van der Waals surface area contributed by atoms with Gasteiger partial charge < -0.3 is 5.32 Å². The number of carbonyl (C=O) groups is 1. The summed E-state index contributed by atoms with van der Waals surface area (Å²) in [4.78, 5) is 12.0. The molecule has 0 saturated heterocycles. The molecular weight excluding hydrogens is 258 g/mol. The van der Waals surface area contributed by atoms with Gasteiger partial charge in [-0.1, -0.05) is 48.9 Å². The molecule has 0 aromatic heterocycles. The number of anilines is 1. The Morgan fingerprint density at radius 1 is 1.16 bits per heavy atom. The number of amides is 1. The quantitative estimate of drug-likeness (QED) is 0.893. The molecule has 0 heterocycles. The Balaban J connectivity index is 2.05. The van der Waals surface area contributed by atoms with Crippen LogP contribution in [-0.2, 0) is 17.6 Å². The number of benzene rings is 2. The van der Waals surface area contributed by atoms with Gasteiger partial charge in [-0.05, 0) is 35.7 Å². The highest BCUT2D eigenvalue weighted by molar-refractivity contribution is 6.30. The smallest absolute Gasteiger partial charge is 0.228 e. The molecule has 2 nitrogen and oxygen atoms in total. The summed E-state index contributed by atoms with van der Waals surface area (Å²) in [5, 5.41) is 3.60. The summed E-state index contributed by atoms with van der Waals surface area (Å²) in [7, 11) is 0. The maximum Gasteiger partial charge on any atom is 0.228 e. The van der Waals surface area contributed by atoms with Crippen LogP contribution in [0.1, 0.15) is 18.1 Å². The van der Waals surface area contributed by atoms with E-state index in [0.29, 0.717) is 11.4 Å². The van der Waals surface area contributed by atoms with Gasteiger partial charge in [0.05, 0.1) is 6.42 Å². The summed E-state index contributed by atoms with van der Waals surface area (Å²) in [6.45, 7) is 2.07. The predicted molar refractivity (Wildman–Crippen MR) is 79.6 cm³/mol. The van der Waals surface area contributed by atoms with E-state index in [1.165, 1.54) is 0 Å². The molecule has 2 rings (SSSR count). The zero-order valence-corrected chi connectivity index (χ0v) is 11.6.